The summed E-state index contributed by atoms with van der Waals surface area (Å²) in [5, 5.41) is 3.08. The third-order valence-electron chi connectivity index (χ3n) is 8.04. The molecule has 3 aromatic carbocycles. The molecule has 204 valence electrons. The lowest BCUT2D eigenvalue weighted by Gasteiger charge is -2.42. The van der Waals surface area contributed by atoms with Crippen LogP contribution in [0.2, 0.25) is 0 Å². The van der Waals surface area contributed by atoms with E-state index in [9.17, 15) is 14.0 Å². The summed E-state index contributed by atoms with van der Waals surface area (Å²) in [6.45, 7) is 5.23. The van der Waals surface area contributed by atoms with E-state index < -0.39 is 0 Å². The Morgan fingerprint density at radius 3 is 2.23 bits per heavy atom. The van der Waals surface area contributed by atoms with Crippen LogP contribution in [0.5, 0.6) is 0 Å². The lowest BCUT2D eigenvalue weighted by molar-refractivity contribution is -0.137. The van der Waals surface area contributed by atoms with Crippen LogP contribution in [0.1, 0.15) is 42.5 Å². The monoisotopic (exact) mass is 528 g/mol. The van der Waals surface area contributed by atoms with Gasteiger partial charge in [0.25, 0.3) is 0 Å². The summed E-state index contributed by atoms with van der Waals surface area (Å²) in [7, 11) is 0. The molecule has 2 saturated heterocycles. The molecule has 0 aromatic heterocycles. The standard InChI is InChI=1S/C32H37FN4O2/c1-2-24-12-14-26(15-13-24)29-17-16-27(23-37(29)32(39)34-22-25-8-4-3-5-9-25)31(38)36-20-18-35(19-21-36)30-11-7-6-10-28(30)33/h3-15,27,29H,2,16-23H2,1H3,(H,34,39). The van der Waals surface area contributed by atoms with Gasteiger partial charge in [-0.1, -0.05) is 73.7 Å². The van der Waals surface area contributed by atoms with E-state index in [2.05, 4.69) is 36.5 Å². The average Bonchev–Trinajstić information content (AvgIpc) is 3.00. The van der Waals surface area contributed by atoms with Gasteiger partial charge in [-0.3, -0.25) is 4.79 Å². The van der Waals surface area contributed by atoms with Gasteiger partial charge in [0, 0.05) is 39.3 Å². The minimum atomic E-state index is -0.251. The van der Waals surface area contributed by atoms with Crippen LogP contribution in [-0.2, 0) is 17.8 Å². The lowest BCUT2D eigenvalue weighted by atomic mass is 9.87. The predicted molar refractivity (Wildman–Crippen MR) is 152 cm³/mol. The number of piperazine rings is 1. The summed E-state index contributed by atoms with van der Waals surface area (Å²) >= 11 is 0. The number of carbonyl (C=O) groups is 2. The summed E-state index contributed by atoms with van der Waals surface area (Å²) in [5.74, 6) is -0.401. The Morgan fingerprint density at radius 1 is 0.846 bits per heavy atom. The molecule has 2 aliphatic heterocycles. The number of hydrogen-bond donors (Lipinski definition) is 1. The SMILES string of the molecule is CCc1ccc(C2CCC(C(=O)N3CCN(c4ccccc4F)CC3)CN2C(=O)NCc2ccccc2)cc1. The van der Waals surface area contributed by atoms with Crippen molar-refractivity contribution in [2.75, 3.05) is 37.6 Å². The first-order chi connectivity index (χ1) is 19.0. The molecule has 0 saturated carbocycles. The molecule has 6 nitrogen and oxygen atoms in total. The molecule has 2 aliphatic rings. The molecule has 2 unspecified atom stereocenters. The highest BCUT2D eigenvalue weighted by Crippen LogP contribution is 2.35. The van der Waals surface area contributed by atoms with E-state index in [1.807, 2.05) is 51.1 Å². The number of likely N-dealkylation sites (tertiary alicyclic amines) is 1. The quantitative estimate of drug-likeness (QED) is 0.466. The van der Waals surface area contributed by atoms with Crippen molar-refractivity contribution in [2.24, 2.45) is 5.92 Å². The minimum absolute atomic E-state index is 0.0753. The number of hydrogen-bond acceptors (Lipinski definition) is 3. The second kappa shape index (κ2) is 12.3. The van der Waals surface area contributed by atoms with Gasteiger partial charge in [0.15, 0.2) is 0 Å². The molecule has 0 radical (unpaired) electrons. The molecule has 0 aliphatic carbocycles. The Morgan fingerprint density at radius 2 is 1.54 bits per heavy atom. The average molecular weight is 529 g/mol. The number of piperidine rings is 1. The van der Waals surface area contributed by atoms with Crippen molar-refractivity contribution in [2.45, 2.75) is 38.8 Å². The number of benzene rings is 3. The number of nitrogens with one attached hydrogen (secondary N) is 1. The van der Waals surface area contributed by atoms with Crippen molar-refractivity contribution in [3.8, 4) is 0 Å². The van der Waals surface area contributed by atoms with E-state index in [4.69, 9.17) is 0 Å². The molecule has 7 heteroatoms. The number of anilines is 1. The van der Waals surface area contributed by atoms with Crippen molar-refractivity contribution in [3.63, 3.8) is 0 Å². The fourth-order valence-corrected chi connectivity index (χ4v) is 5.73. The normalized spacial score (nSPS) is 19.6. The van der Waals surface area contributed by atoms with Crippen molar-refractivity contribution >= 4 is 17.6 Å². The fourth-order valence-electron chi connectivity index (χ4n) is 5.73. The summed E-state index contributed by atoms with van der Waals surface area (Å²) in [4.78, 5) is 32.9. The van der Waals surface area contributed by atoms with E-state index in [-0.39, 0.29) is 29.7 Å². The van der Waals surface area contributed by atoms with E-state index in [1.54, 1.807) is 12.1 Å². The Kier molecular flexibility index (Phi) is 8.45. The zero-order valence-electron chi connectivity index (χ0n) is 22.6. The molecular weight excluding hydrogens is 491 g/mol. The Labute approximate surface area is 230 Å². The van der Waals surface area contributed by atoms with E-state index in [0.29, 0.717) is 45.0 Å². The van der Waals surface area contributed by atoms with E-state index in [1.165, 1.54) is 11.6 Å². The first-order valence-electron chi connectivity index (χ1n) is 14.0. The highest BCUT2D eigenvalue weighted by atomic mass is 19.1. The smallest absolute Gasteiger partial charge is 0.318 e. The van der Waals surface area contributed by atoms with Gasteiger partial charge in [0.1, 0.15) is 5.82 Å². The largest absolute Gasteiger partial charge is 0.366 e. The van der Waals surface area contributed by atoms with Crippen LogP contribution in [-0.4, -0.2) is 54.5 Å². The van der Waals surface area contributed by atoms with Gasteiger partial charge in [-0.15, -0.1) is 0 Å². The van der Waals surface area contributed by atoms with Gasteiger partial charge < -0.3 is 20.0 Å². The fraction of sp³-hybridized carbons (Fsp3) is 0.375. The minimum Gasteiger partial charge on any atom is -0.366 e. The summed E-state index contributed by atoms with van der Waals surface area (Å²) < 4.78 is 14.3. The Balaban J connectivity index is 1.26. The van der Waals surface area contributed by atoms with Crippen molar-refractivity contribution in [1.82, 2.24) is 15.1 Å². The van der Waals surface area contributed by atoms with Crippen LogP contribution >= 0.6 is 0 Å². The van der Waals surface area contributed by atoms with Crippen LogP contribution < -0.4 is 10.2 Å². The Bertz CT molecular complexity index is 1260. The van der Waals surface area contributed by atoms with Gasteiger partial charge in [0.05, 0.1) is 17.6 Å². The molecule has 39 heavy (non-hydrogen) atoms. The van der Waals surface area contributed by atoms with Crippen LogP contribution in [0.15, 0.2) is 78.9 Å². The lowest BCUT2D eigenvalue weighted by Crippen LogP contribution is -2.54. The van der Waals surface area contributed by atoms with Crippen LogP contribution in [0, 0.1) is 11.7 Å². The second-order valence-electron chi connectivity index (χ2n) is 10.4. The van der Waals surface area contributed by atoms with Gasteiger partial charge in [-0.05, 0) is 48.1 Å². The number of nitrogens with zero attached hydrogens (tertiary/aromatic N) is 3. The van der Waals surface area contributed by atoms with Crippen molar-refractivity contribution in [3.05, 3.63) is 101 Å². The predicted octanol–water partition coefficient (Wildman–Crippen LogP) is 5.40. The first kappa shape index (κ1) is 26.7. The molecule has 3 amide bonds. The highest BCUT2D eigenvalue weighted by Gasteiger charge is 2.38. The second-order valence-corrected chi connectivity index (χ2v) is 10.4. The van der Waals surface area contributed by atoms with Crippen LogP contribution in [0.25, 0.3) is 0 Å². The molecule has 2 fully saturated rings. The third kappa shape index (κ3) is 6.24. The van der Waals surface area contributed by atoms with E-state index in [0.717, 1.165) is 30.4 Å². The molecule has 2 atom stereocenters. The molecule has 0 bridgehead atoms. The molecular formula is C32H37FN4O2. The first-order valence-corrected chi connectivity index (χ1v) is 14.0. The number of rotatable bonds is 6. The summed E-state index contributed by atoms with van der Waals surface area (Å²) in [5.41, 5.74) is 3.98. The third-order valence-corrected chi connectivity index (χ3v) is 8.04. The number of para-hydroxylation sites is 1. The Hall–Kier alpha value is -3.87. The molecule has 5 rings (SSSR count). The molecule has 0 spiro atoms. The van der Waals surface area contributed by atoms with Crippen molar-refractivity contribution in [1.29, 1.82) is 0 Å². The maximum atomic E-state index is 14.3. The van der Waals surface area contributed by atoms with Gasteiger partial charge in [0.2, 0.25) is 5.91 Å². The number of amides is 3. The summed E-state index contributed by atoms with van der Waals surface area (Å²) in [6, 6.07) is 24.9. The van der Waals surface area contributed by atoms with Crippen LogP contribution in [0.3, 0.4) is 0 Å². The number of aryl methyl sites for hydroxylation is 1. The topological polar surface area (TPSA) is 55.9 Å². The number of halogens is 1. The maximum Gasteiger partial charge on any atom is 0.318 e. The molecule has 3 aromatic rings. The maximum absolute atomic E-state index is 14.3. The highest BCUT2D eigenvalue weighted by molar-refractivity contribution is 5.81. The molecule has 1 N–H and O–H groups in total. The van der Waals surface area contributed by atoms with Crippen LogP contribution in [0.4, 0.5) is 14.9 Å². The molecule has 2 heterocycles. The van der Waals surface area contributed by atoms with E-state index >= 15 is 0 Å². The van der Waals surface area contributed by atoms with Crippen molar-refractivity contribution < 1.29 is 14.0 Å². The van der Waals surface area contributed by atoms with Gasteiger partial charge in [-0.2, -0.15) is 0 Å². The van der Waals surface area contributed by atoms with Gasteiger partial charge in [-0.25, -0.2) is 9.18 Å². The zero-order chi connectivity index (χ0) is 27.2. The number of urea groups is 1. The zero-order valence-corrected chi connectivity index (χ0v) is 22.6. The van der Waals surface area contributed by atoms with Gasteiger partial charge >= 0.3 is 6.03 Å². The number of carbonyl (C=O) groups excluding carboxylic acids is 2. The summed E-state index contributed by atoms with van der Waals surface area (Å²) in [6.07, 6.45) is 2.43.